The van der Waals surface area contributed by atoms with Gasteiger partial charge in [0.1, 0.15) is 18.9 Å². The number of para-hydroxylation sites is 1. The van der Waals surface area contributed by atoms with Crippen molar-refractivity contribution in [2.24, 2.45) is 0 Å². The smallest absolute Gasteiger partial charge is 0.291 e. The van der Waals surface area contributed by atoms with Crippen LogP contribution < -0.4 is 25.2 Å². The van der Waals surface area contributed by atoms with Gasteiger partial charge in [-0.3, -0.25) is 24.3 Å². The predicted octanol–water partition coefficient (Wildman–Crippen LogP) is 3.48. The maximum absolute atomic E-state index is 13.3. The molecule has 0 fully saturated rings. The van der Waals surface area contributed by atoms with Gasteiger partial charge < -0.3 is 24.7 Å². The molecule has 1 aliphatic rings. The summed E-state index contributed by atoms with van der Waals surface area (Å²) in [5.41, 5.74) is 2.32. The minimum Gasteiger partial charge on any atom is -0.492 e. The molecule has 39 heavy (non-hydrogen) atoms. The maximum atomic E-state index is 13.3. The molecule has 2 N–H and O–H groups in total. The Hall–Kier alpha value is -4.96. The summed E-state index contributed by atoms with van der Waals surface area (Å²) in [4.78, 5) is 46.3. The van der Waals surface area contributed by atoms with Crippen LogP contribution in [-0.2, 0) is 16.1 Å². The van der Waals surface area contributed by atoms with E-state index in [1.807, 2.05) is 48.5 Å². The second kappa shape index (κ2) is 12.1. The van der Waals surface area contributed by atoms with Crippen LogP contribution in [0.25, 0.3) is 0 Å². The summed E-state index contributed by atoms with van der Waals surface area (Å²) in [5.74, 6) is -0.0714. The fourth-order valence-corrected chi connectivity index (χ4v) is 4.22. The number of hydrogen-bond acceptors (Lipinski definition) is 7. The molecule has 2 aromatic carbocycles. The molecule has 5 rings (SSSR count). The second-order valence-corrected chi connectivity index (χ2v) is 8.75. The van der Waals surface area contributed by atoms with Crippen molar-refractivity contribution in [3.05, 3.63) is 103 Å². The van der Waals surface area contributed by atoms with Crippen molar-refractivity contribution in [3.63, 3.8) is 0 Å². The van der Waals surface area contributed by atoms with Crippen LogP contribution in [0.15, 0.2) is 95.7 Å². The maximum Gasteiger partial charge on any atom is 0.291 e. The third-order valence-electron chi connectivity index (χ3n) is 6.09. The average molecular weight is 526 g/mol. The highest BCUT2D eigenvalue weighted by molar-refractivity contribution is 6.12. The first-order valence-electron chi connectivity index (χ1n) is 12.5. The fraction of sp³-hybridized carbons (Fsp3) is 0.172. The van der Waals surface area contributed by atoms with E-state index >= 15 is 0 Å². The van der Waals surface area contributed by atoms with Gasteiger partial charge in [0.2, 0.25) is 11.8 Å². The van der Waals surface area contributed by atoms with Gasteiger partial charge in [-0.15, -0.1) is 0 Å². The number of carbonyl (C=O) groups is 3. The molecular formula is C29H27N5O5. The van der Waals surface area contributed by atoms with E-state index < -0.39 is 5.91 Å². The van der Waals surface area contributed by atoms with E-state index in [4.69, 9.17) is 9.15 Å². The van der Waals surface area contributed by atoms with E-state index in [0.717, 1.165) is 5.69 Å². The average Bonchev–Trinajstić information content (AvgIpc) is 3.51. The standard InChI is InChI=1S/C29H27N5O5/c35-27(19-30-18-22-7-4-5-13-31-22)34-20-28(36)33(14-16-38-23-8-2-1-3-9-23)24-12-11-21(17-25(24)34)32-29(37)26-10-6-15-39-26/h1-13,15,17,30H,14,16,18-20H2,(H,32,37). The first-order valence-corrected chi connectivity index (χ1v) is 12.5. The molecule has 4 aromatic rings. The van der Waals surface area contributed by atoms with Gasteiger partial charge in [-0.25, -0.2) is 0 Å². The molecule has 198 valence electrons. The minimum atomic E-state index is -0.421. The first kappa shape index (κ1) is 25.7. The van der Waals surface area contributed by atoms with Gasteiger partial charge in [-0.05, 0) is 54.6 Å². The number of nitrogens with one attached hydrogen (secondary N) is 2. The molecule has 0 unspecified atom stereocenters. The Morgan fingerprint density at radius 3 is 2.59 bits per heavy atom. The Morgan fingerprint density at radius 2 is 1.82 bits per heavy atom. The Labute approximate surface area is 225 Å². The van der Waals surface area contributed by atoms with Gasteiger partial charge in [0.15, 0.2) is 5.76 Å². The molecule has 10 nitrogen and oxygen atoms in total. The number of carbonyl (C=O) groups excluding carboxylic acids is 3. The van der Waals surface area contributed by atoms with Crippen LogP contribution in [0.3, 0.4) is 0 Å². The number of ether oxygens (including phenoxy) is 1. The van der Waals surface area contributed by atoms with Gasteiger partial charge in [-0.2, -0.15) is 0 Å². The molecule has 3 heterocycles. The number of furan rings is 1. The summed E-state index contributed by atoms with van der Waals surface area (Å²) in [6.07, 6.45) is 3.11. The van der Waals surface area contributed by atoms with Crippen LogP contribution in [0.2, 0.25) is 0 Å². The zero-order valence-electron chi connectivity index (χ0n) is 21.1. The molecule has 1 aliphatic heterocycles. The lowest BCUT2D eigenvalue weighted by molar-refractivity contribution is -0.122. The van der Waals surface area contributed by atoms with Gasteiger partial charge in [-0.1, -0.05) is 24.3 Å². The SMILES string of the molecule is O=C(Nc1ccc2c(c1)N(C(=O)CNCc1ccccn1)CC(=O)N2CCOc1ccccc1)c1ccco1. The molecule has 2 aromatic heterocycles. The van der Waals surface area contributed by atoms with E-state index in [9.17, 15) is 14.4 Å². The Balaban J connectivity index is 1.34. The number of aromatic nitrogens is 1. The number of nitrogens with zero attached hydrogens (tertiary/aromatic N) is 3. The van der Waals surface area contributed by atoms with Gasteiger partial charge in [0.05, 0.1) is 36.4 Å². The number of benzene rings is 2. The minimum absolute atomic E-state index is 0.00337. The molecule has 0 aliphatic carbocycles. The number of pyridine rings is 1. The van der Waals surface area contributed by atoms with Crippen molar-refractivity contribution in [1.82, 2.24) is 10.3 Å². The lowest BCUT2D eigenvalue weighted by Crippen LogP contribution is -2.51. The number of anilines is 3. The lowest BCUT2D eigenvalue weighted by Gasteiger charge is -2.36. The van der Waals surface area contributed by atoms with Gasteiger partial charge >= 0.3 is 0 Å². The predicted molar refractivity (Wildman–Crippen MR) is 146 cm³/mol. The normalized spacial score (nSPS) is 12.7. The van der Waals surface area contributed by atoms with Crippen molar-refractivity contribution in [3.8, 4) is 5.75 Å². The van der Waals surface area contributed by atoms with E-state index in [1.165, 1.54) is 11.2 Å². The summed E-state index contributed by atoms with van der Waals surface area (Å²) < 4.78 is 11.0. The van der Waals surface area contributed by atoms with Crippen LogP contribution >= 0.6 is 0 Å². The monoisotopic (exact) mass is 525 g/mol. The van der Waals surface area contributed by atoms with Crippen LogP contribution in [0.1, 0.15) is 16.2 Å². The third-order valence-corrected chi connectivity index (χ3v) is 6.09. The van der Waals surface area contributed by atoms with Crippen LogP contribution in [0, 0.1) is 0 Å². The summed E-state index contributed by atoms with van der Waals surface area (Å²) >= 11 is 0. The van der Waals surface area contributed by atoms with Crippen molar-refractivity contribution < 1.29 is 23.5 Å². The largest absolute Gasteiger partial charge is 0.492 e. The zero-order chi connectivity index (χ0) is 27.0. The molecule has 0 atom stereocenters. The molecule has 0 saturated carbocycles. The van der Waals surface area contributed by atoms with Crippen LogP contribution in [-0.4, -0.2) is 48.9 Å². The Morgan fingerprint density at radius 1 is 0.974 bits per heavy atom. The van der Waals surface area contributed by atoms with Crippen LogP contribution in [0.5, 0.6) is 5.75 Å². The molecule has 0 spiro atoms. The summed E-state index contributed by atoms with van der Waals surface area (Å²) in [6, 6.07) is 23.2. The van der Waals surface area contributed by atoms with Crippen LogP contribution in [0.4, 0.5) is 17.1 Å². The van der Waals surface area contributed by atoms with E-state index in [2.05, 4.69) is 15.6 Å². The van der Waals surface area contributed by atoms with Crippen molar-refractivity contribution in [2.45, 2.75) is 6.54 Å². The number of hydrogen-bond donors (Lipinski definition) is 2. The van der Waals surface area contributed by atoms with Crippen molar-refractivity contribution in [2.75, 3.05) is 41.4 Å². The molecule has 0 saturated heterocycles. The van der Waals surface area contributed by atoms with Crippen molar-refractivity contribution >= 4 is 34.8 Å². The number of amides is 3. The lowest BCUT2D eigenvalue weighted by atomic mass is 10.1. The molecule has 0 bridgehead atoms. The Kier molecular flexibility index (Phi) is 7.94. The summed E-state index contributed by atoms with van der Waals surface area (Å²) in [6.45, 7) is 0.829. The molecule has 10 heteroatoms. The second-order valence-electron chi connectivity index (χ2n) is 8.75. The Bertz CT molecular complexity index is 1430. The van der Waals surface area contributed by atoms with E-state index in [0.29, 0.717) is 35.9 Å². The topological polar surface area (TPSA) is 117 Å². The van der Waals surface area contributed by atoms with Gasteiger partial charge in [0, 0.05) is 18.4 Å². The first-order chi connectivity index (χ1) is 19.1. The number of rotatable bonds is 10. The van der Waals surface area contributed by atoms with E-state index in [-0.39, 0.29) is 37.3 Å². The quantitative estimate of drug-likeness (QED) is 0.326. The molecule has 3 amide bonds. The van der Waals surface area contributed by atoms with E-state index in [1.54, 1.807) is 41.4 Å². The third kappa shape index (κ3) is 6.31. The fourth-order valence-electron chi connectivity index (χ4n) is 4.22. The highest BCUT2D eigenvalue weighted by Crippen LogP contribution is 2.36. The zero-order valence-corrected chi connectivity index (χ0v) is 21.1. The van der Waals surface area contributed by atoms with Gasteiger partial charge in [0.25, 0.3) is 5.91 Å². The highest BCUT2D eigenvalue weighted by Gasteiger charge is 2.32. The summed E-state index contributed by atoms with van der Waals surface area (Å²) in [5, 5.41) is 5.88. The highest BCUT2D eigenvalue weighted by atomic mass is 16.5. The number of fused-ring (bicyclic) bond motifs is 1. The molecule has 0 radical (unpaired) electrons. The molecular weight excluding hydrogens is 498 g/mol. The van der Waals surface area contributed by atoms with Crippen molar-refractivity contribution in [1.29, 1.82) is 0 Å². The summed E-state index contributed by atoms with van der Waals surface area (Å²) in [7, 11) is 0.